The first-order valence-electron chi connectivity index (χ1n) is 4.64. The van der Waals surface area contributed by atoms with E-state index in [0.29, 0.717) is 11.9 Å². The molecule has 1 aromatic rings. The van der Waals surface area contributed by atoms with E-state index in [-0.39, 0.29) is 0 Å². The normalized spacial score (nSPS) is 21.7. The molecule has 0 bridgehead atoms. The van der Waals surface area contributed by atoms with E-state index in [1.165, 1.54) is 6.42 Å². The molecular weight excluding hydrogens is 164 g/mol. The number of phenolic OH excluding ortho intramolecular Hbond substituents is 1. The third kappa shape index (κ3) is 1.92. The highest BCUT2D eigenvalue weighted by Gasteiger charge is 2.14. The number of anilines is 1. The largest absolute Gasteiger partial charge is 0.506 e. The Morgan fingerprint density at radius 3 is 2.92 bits per heavy atom. The smallest absolute Gasteiger partial charge is 0.138 e. The molecule has 1 atom stereocenters. The Kier molecular flexibility index (Phi) is 2.36. The highest BCUT2D eigenvalue weighted by Crippen LogP contribution is 2.23. The third-order valence-electron chi connectivity index (χ3n) is 2.29. The zero-order chi connectivity index (χ0) is 9.10. The molecule has 13 heavy (non-hydrogen) atoms. The van der Waals surface area contributed by atoms with Crippen molar-refractivity contribution in [2.45, 2.75) is 19.0 Å². The number of rotatable bonds is 2. The van der Waals surface area contributed by atoms with Gasteiger partial charge in [-0.1, -0.05) is 12.1 Å². The van der Waals surface area contributed by atoms with Crippen molar-refractivity contribution in [3.63, 3.8) is 0 Å². The van der Waals surface area contributed by atoms with Gasteiger partial charge in [-0.05, 0) is 31.5 Å². The second-order valence-corrected chi connectivity index (χ2v) is 3.31. The predicted molar refractivity (Wildman–Crippen MR) is 52.8 cm³/mol. The average Bonchev–Trinajstić information content (AvgIpc) is 2.61. The molecule has 0 aliphatic carbocycles. The van der Waals surface area contributed by atoms with Gasteiger partial charge >= 0.3 is 0 Å². The SMILES string of the molecule is Oc1ccccc1NC1CCCN1. The molecule has 0 amide bonds. The monoisotopic (exact) mass is 178 g/mol. The topological polar surface area (TPSA) is 44.3 Å². The van der Waals surface area contributed by atoms with Crippen LogP contribution in [-0.4, -0.2) is 17.8 Å². The van der Waals surface area contributed by atoms with Gasteiger partial charge in [-0.15, -0.1) is 0 Å². The molecule has 0 aromatic heterocycles. The molecule has 1 fully saturated rings. The number of para-hydroxylation sites is 2. The van der Waals surface area contributed by atoms with E-state index in [2.05, 4.69) is 10.6 Å². The maximum Gasteiger partial charge on any atom is 0.138 e. The van der Waals surface area contributed by atoms with Crippen molar-refractivity contribution in [3.8, 4) is 5.75 Å². The van der Waals surface area contributed by atoms with Crippen LogP contribution in [0.1, 0.15) is 12.8 Å². The number of aromatic hydroxyl groups is 1. The molecule has 0 spiro atoms. The fraction of sp³-hybridized carbons (Fsp3) is 0.400. The molecule has 0 radical (unpaired) electrons. The summed E-state index contributed by atoms with van der Waals surface area (Å²) in [6.45, 7) is 1.06. The Labute approximate surface area is 77.8 Å². The standard InChI is InChI=1S/C10H14N2O/c13-9-5-2-1-4-8(9)12-10-6-3-7-11-10/h1-2,4-5,10-13H,3,6-7H2. The Hall–Kier alpha value is -1.22. The fourth-order valence-corrected chi connectivity index (χ4v) is 1.59. The summed E-state index contributed by atoms with van der Waals surface area (Å²) in [5.74, 6) is 0.316. The summed E-state index contributed by atoms with van der Waals surface area (Å²) in [6.07, 6.45) is 2.63. The molecule has 2 rings (SSSR count). The molecule has 1 heterocycles. The number of phenols is 1. The first-order chi connectivity index (χ1) is 6.36. The Morgan fingerprint density at radius 1 is 1.38 bits per heavy atom. The third-order valence-corrected chi connectivity index (χ3v) is 2.29. The maximum absolute atomic E-state index is 9.48. The summed E-state index contributed by atoms with van der Waals surface area (Å²) in [7, 11) is 0. The maximum atomic E-state index is 9.48. The molecule has 70 valence electrons. The van der Waals surface area contributed by atoms with Crippen LogP contribution in [-0.2, 0) is 0 Å². The fourth-order valence-electron chi connectivity index (χ4n) is 1.59. The molecule has 3 N–H and O–H groups in total. The molecule has 0 saturated carbocycles. The Morgan fingerprint density at radius 2 is 2.23 bits per heavy atom. The van der Waals surface area contributed by atoms with Crippen molar-refractivity contribution in [2.24, 2.45) is 0 Å². The molecule has 3 nitrogen and oxygen atoms in total. The van der Waals surface area contributed by atoms with Crippen LogP contribution >= 0.6 is 0 Å². The van der Waals surface area contributed by atoms with E-state index in [1.807, 2.05) is 18.2 Å². The zero-order valence-electron chi connectivity index (χ0n) is 7.46. The summed E-state index contributed by atoms with van der Waals surface area (Å²) in [4.78, 5) is 0. The number of benzene rings is 1. The molecule has 1 unspecified atom stereocenters. The summed E-state index contributed by atoms with van der Waals surface area (Å²) >= 11 is 0. The van der Waals surface area contributed by atoms with Gasteiger partial charge in [-0.2, -0.15) is 0 Å². The van der Waals surface area contributed by atoms with Crippen molar-refractivity contribution in [2.75, 3.05) is 11.9 Å². The highest BCUT2D eigenvalue weighted by molar-refractivity contribution is 5.55. The zero-order valence-corrected chi connectivity index (χ0v) is 7.46. The molecular formula is C10H14N2O. The number of hydrogen-bond acceptors (Lipinski definition) is 3. The highest BCUT2D eigenvalue weighted by atomic mass is 16.3. The Balaban J connectivity index is 2.04. The van der Waals surface area contributed by atoms with Crippen molar-refractivity contribution >= 4 is 5.69 Å². The van der Waals surface area contributed by atoms with Gasteiger partial charge < -0.3 is 10.4 Å². The lowest BCUT2D eigenvalue weighted by Crippen LogP contribution is -2.29. The lowest BCUT2D eigenvalue weighted by molar-refractivity contribution is 0.475. The molecule has 1 saturated heterocycles. The van der Waals surface area contributed by atoms with Crippen LogP contribution in [0.5, 0.6) is 5.75 Å². The minimum Gasteiger partial charge on any atom is -0.506 e. The van der Waals surface area contributed by atoms with Crippen LogP contribution in [0.4, 0.5) is 5.69 Å². The molecule has 1 aliphatic rings. The minimum atomic E-state index is 0.313. The summed E-state index contributed by atoms with van der Waals surface area (Å²) in [6, 6.07) is 7.31. The predicted octanol–water partition coefficient (Wildman–Crippen LogP) is 1.51. The first-order valence-corrected chi connectivity index (χ1v) is 4.64. The first kappa shape index (κ1) is 8.38. The lowest BCUT2D eigenvalue weighted by atomic mass is 10.2. The van der Waals surface area contributed by atoms with Crippen LogP contribution in [0, 0.1) is 0 Å². The quantitative estimate of drug-likeness (QED) is 0.601. The molecule has 1 aliphatic heterocycles. The van der Waals surface area contributed by atoms with E-state index < -0.39 is 0 Å². The number of hydrogen-bond donors (Lipinski definition) is 3. The van der Waals surface area contributed by atoms with Crippen molar-refractivity contribution in [1.82, 2.24) is 5.32 Å². The van der Waals surface area contributed by atoms with Gasteiger partial charge in [0.25, 0.3) is 0 Å². The van der Waals surface area contributed by atoms with Crippen molar-refractivity contribution in [3.05, 3.63) is 24.3 Å². The van der Waals surface area contributed by atoms with Crippen LogP contribution in [0.15, 0.2) is 24.3 Å². The summed E-state index contributed by atoms with van der Waals surface area (Å²) < 4.78 is 0. The van der Waals surface area contributed by atoms with E-state index in [4.69, 9.17) is 0 Å². The van der Waals surface area contributed by atoms with Crippen LogP contribution in [0.3, 0.4) is 0 Å². The minimum absolute atomic E-state index is 0.313. The van der Waals surface area contributed by atoms with E-state index in [1.54, 1.807) is 6.07 Å². The van der Waals surface area contributed by atoms with Crippen LogP contribution in [0.2, 0.25) is 0 Å². The molecule has 1 aromatic carbocycles. The van der Waals surface area contributed by atoms with Gasteiger partial charge in [0.2, 0.25) is 0 Å². The average molecular weight is 178 g/mol. The number of nitrogens with one attached hydrogen (secondary N) is 2. The van der Waals surface area contributed by atoms with Gasteiger partial charge in [-0.3, -0.25) is 5.32 Å². The van der Waals surface area contributed by atoms with Crippen LogP contribution in [0.25, 0.3) is 0 Å². The van der Waals surface area contributed by atoms with Gasteiger partial charge in [0, 0.05) is 0 Å². The van der Waals surface area contributed by atoms with Gasteiger partial charge in [0.15, 0.2) is 0 Å². The van der Waals surface area contributed by atoms with Crippen LogP contribution < -0.4 is 10.6 Å². The van der Waals surface area contributed by atoms with E-state index in [9.17, 15) is 5.11 Å². The Bertz CT molecular complexity index is 282. The summed E-state index contributed by atoms with van der Waals surface area (Å²) in [5.41, 5.74) is 0.807. The molecule has 3 heteroatoms. The summed E-state index contributed by atoms with van der Waals surface area (Å²) in [5, 5.41) is 16.0. The van der Waals surface area contributed by atoms with E-state index in [0.717, 1.165) is 18.7 Å². The van der Waals surface area contributed by atoms with Crippen molar-refractivity contribution in [1.29, 1.82) is 0 Å². The second-order valence-electron chi connectivity index (χ2n) is 3.31. The van der Waals surface area contributed by atoms with Gasteiger partial charge in [0.1, 0.15) is 5.75 Å². The van der Waals surface area contributed by atoms with Crippen molar-refractivity contribution < 1.29 is 5.11 Å². The van der Waals surface area contributed by atoms with Gasteiger partial charge in [-0.25, -0.2) is 0 Å². The van der Waals surface area contributed by atoms with E-state index >= 15 is 0 Å². The van der Waals surface area contributed by atoms with Gasteiger partial charge in [0.05, 0.1) is 11.9 Å². The second kappa shape index (κ2) is 3.66. The lowest BCUT2D eigenvalue weighted by Gasteiger charge is -2.14.